The topological polar surface area (TPSA) is 93.5 Å². The van der Waals surface area contributed by atoms with Crippen molar-refractivity contribution in [1.29, 1.82) is 0 Å². The first kappa shape index (κ1) is 20.1. The Balaban J connectivity index is 1.68. The number of benzene rings is 2. The van der Waals surface area contributed by atoms with E-state index < -0.39 is 15.9 Å². The van der Waals surface area contributed by atoms with Crippen molar-refractivity contribution in [2.24, 2.45) is 7.05 Å². The summed E-state index contributed by atoms with van der Waals surface area (Å²) < 4.78 is 34.6. The van der Waals surface area contributed by atoms with Crippen LogP contribution in [0.4, 0.5) is 5.69 Å². The molecular formula is C21H22N4O4S. The van der Waals surface area contributed by atoms with E-state index in [1.807, 2.05) is 0 Å². The van der Waals surface area contributed by atoms with Crippen LogP contribution in [0.25, 0.3) is 0 Å². The SMILES string of the molecule is COc1ccccc1NC(=O)[C@@H]1CN(S(=O)(=O)c2ccccc2)Cc2cn(C)nc21. The largest absolute Gasteiger partial charge is 0.495 e. The van der Waals surface area contributed by atoms with E-state index in [2.05, 4.69) is 10.4 Å². The predicted octanol–water partition coefficient (Wildman–Crippen LogP) is 2.36. The fourth-order valence-corrected chi connectivity index (χ4v) is 5.07. The number of aryl methyl sites for hydroxylation is 1. The molecule has 4 rings (SSSR count). The van der Waals surface area contributed by atoms with Crippen molar-refractivity contribution in [3.05, 3.63) is 72.1 Å². The molecule has 0 radical (unpaired) electrons. The first-order valence-corrected chi connectivity index (χ1v) is 10.9. The Morgan fingerprint density at radius 3 is 2.57 bits per heavy atom. The molecular weight excluding hydrogens is 404 g/mol. The highest BCUT2D eigenvalue weighted by Gasteiger charge is 2.38. The highest BCUT2D eigenvalue weighted by atomic mass is 32.2. The summed E-state index contributed by atoms with van der Waals surface area (Å²) in [6.07, 6.45) is 1.76. The molecule has 0 aliphatic carbocycles. The molecule has 30 heavy (non-hydrogen) atoms. The molecule has 0 saturated carbocycles. The van der Waals surface area contributed by atoms with Crippen LogP contribution in [-0.4, -0.2) is 42.1 Å². The zero-order valence-corrected chi connectivity index (χ0v) is 17.5. The van der Waals surface area contributed by atoms with E-state index in [-0.39, 0.29) is 23.9 Å². The van der Waals surface area contributed by atoms with Crippen molar-refractivity contribution < 1.29 is 17.9 Å². The molecule has 156 valence electrons. The molecule has 2 aromatic carbocycles. The van der Waals surface area contributed by atoms with Crippen molar-refractivity contribution in [2.45, 2.75) is 17.4 Å². The maximum atomic E-state index is 13.2. The van der Waals surface area contributed by atoms with Gasteiger partial charge in [-0.2, -0.15) is 9.40 Å². The number of carbonyl (C=O) groups is 1. The van der Waals surface area contributed by atoms with Gasteiger partial charge in [-0.25, -0.2) is 8.42 Å². The minimum absolute atomic E-state index is 0.00221. The third-order valence-electron chi connectivity index (χ3n) is 5.06. The fourth-order valence-electron chi connectivity index (χ4n) is 3.61. The number of rotatable bonds is 5. The summed E-state index contributed by atoms with van der Waals surface area (Å²) in [5.74, 6) is -0.567. The molecule has 0 bridgehead atoms. The molecule has 1 N–H and O–H groups in total. The number of hydrogen-bond donors (Lipinski definition) is 1. The fraction of sp³-hybridized carbons (Fsp3) is 0.238. The van der Waals surface area contributed by atoms with Gasteiger partial charge < -0.3 is 10.1 Å². The van der Waals surface area contributed by atoms with E-state index in [9.17, 15) is 13.2 Å². The number of hydrogen-bond acceptors (Lipinski definition) is 5. The number of carbonyl (C=O) groups excluding carboxylic acids is 1. The van der Waals surface area contributed by atoms with Crippen molar-refractivity contribution in [3.63, 3.8) is 0 Å². The average Bonchev–Trinajstić information content (AvgIpc) is 3.14. The lowest BCUT2D eigenvalue weighted by atomic mass is 9.97. The summed E-state index contributed by atoms with van der Waals surface area (Å²) in [5.41, 5.74) is 1.82. The summed E-state index contributed by atoms with van der Waals surface area (Å²) in [7, 11) is -0.478. The van der Waals surface area contributed by atoms with Gasteiger partial charge in [0.2, 0.25) is 15.9 Å². The van der Waals surface area contributed by atoms with Gasteiger partial charge in [0.1, 0.15) is 5.75 Å². The van der Waals surface area contributed by atoms with Gasteiger partial charge in [-0.15, -0.1) is 0 Å². The standard InChI is InChI=1S/C21H22N4O4S/c1-24-12-15-13-25(30(27,28)16-8-4-3-5-9-16)14-17(20(15)23-24)21(26)22-18-10-6-7-11-19(18)29-2/h3-12,17H,13-14H2,1-2H3,(H,22,26)/t17-/m1/s1. The van der Waals surface area contributed by atoms with E-state index in [1.54, 1.807) is 72.5 Å². The molecule has 8 nitrogen and oxygen atoms in total. The van der Waals surface area contributed by atoms with Gasteiger partial charge in [-0.1, -0.05) is 30.3 Å². The van der Waals surface area contributed by atoms with Crippen LogP contribution >= 0.6 is 0 Å². The third kappa shape index (κ3) is 3.69. The van der Waals surface area contributed by atoms with Crippen molar-refractivity contribution in [1.82, 2.24) is 14.1 Å². The van der Waals surface area contributed by atoms with Crippen LogP contribution in [0.5, 0.6) is 5.75 Å². The van der Waals surface area contributed by atoms with Gasteiger partial charge in [-0.05, 0) is 24.3 Å². The summed E-state index contributed by atoms with van der Waals surface area (Å²) in [5, 5.41) is 7.29. The van der Waals surface area contributed by atoms with Crippen LogP contribution in [0.1, 0.15) is 17.2 Å². The Morgan fingerprint density at radius 1 is 1.13 bits per heavy atom. The van der Waals surface area contributed by atoms with Gasteiger partial charge in [0.05, 0.1) is 29.3 Å². The van der Waals surface area contributed by atoms with Crippen LogP contribution < -0.4 is 10.1 Å². The van der Waals surface area contributed by atoms with Crippen LogP contribution in [-0.2, 0) is 28.4 Å². The monoisotopic (exact) mass is 426 g/mol. The van der Waals surface area contributed by atoms with Gasteiger partial charge in [0.25, 0.3) is 0 Å². The number of nitrogens with zero attached hydrogens (tertiary/aromatic N) is 3. The number of nitrogens with one attached hydrogen (secondary N) is 1. The zero-order valence-electron chi connectivity index (χ0n) is 16.6. The Kier molecular flexibility index (Phi) is 5.31. The molecule has 2 heterocycles. The lowest BCUT2D eigenvalue weighted by molar-refractivity contribution is -0.118. The minimum atomic E-state index is -3.76. The predicted molar refractivity (Wildman–Crippen MR) is 112 cm³/mol. The van der Waals surface area contributed by atoms with Crippen LogP contribution in [0, 0.1) is 0 Å². The second kappa shape index (κ2) is 7.92. The number of methoxy groups -OCH3 is 1. The molecule has 1 aromatic heterocycles. The normalized spacial score (nSPS) is 16.7. The molecule has 0 fully saturated rings. The number of ether oxygens (including phenoxy) is 1. The first-order chi connectivity index (χ1) is 14.4. The maximum Gasteiger partial charge on any atom is 0.243 e. The summed E-state index contributed by atoms with van der Waals surface area (Å²) in [6, 6.07) is 15.3. The molecule has 3 aromatic rings. The summed E-state index contributed by atoms with van der Waals surface area (Å²) in [4.78, 5) is 13.4. The highest BCUT2D eigenvalue weighted by molar-refractivity contribution is 7.89. The number of anilines is 1. The number of sulfonamides is 1. The average molecular weight is 426 g/mol. The van der Waals surface area contributed by atoms with E-state index in [1.165, 1.54) is 11.4 Å². The Morgan fingerprint density at radius 2 is 1.83 bits per heavy atom. The molecule has 1 atom stereocenters. The molecule has 1 aliphatic rings. The quantitative estimate of drug-likeness (QED) is 0.676. The maximum absolute atomic E-state index is 13.2. The third-order valence-corrected chi connectivity index (χ3v) is 6.89. The zero-order chi connectivity index (χ0) is 21.3. The van der Waals surface area contributed by atoms with Gasteiger partial charge in [0, 0.05) is 31.9 Å². The van der Waals surface area contributed by atoms with Gasteiger partial charge >= 0.3 is 0 Å². The lowest BCUT2D eigenvalue weighted by Gasteiger charge is -2.30. The second-order valence-electron chi connectivity index (χ2n) is 7.07. The van der Waals surface area contributed by atoms with Crippen LogP contribution in [0.15, 0.2) is 65.7 Å². The van der Waals surface area contributed by atoms with Crippen LogP contribution in [0.2, 0.25) is 0 Å². The van der Waals surface area contributed by atoms with Gasteiger partial charge in [0.15, 0.2) is 0 Å². The lowest BCUT2D eigenvalue weighted by Crippen LogP contribution is -2.41. The van der Waals surface area contributed by atoms with Crippen molar-refractivity contribution in [3.8, 4) is 5.75 Å². The molecule has 0 saturated heterocycles. The number of aromatic nitrogens is 2. The molecule has 0 unspecified atom stereocenters. The first-order valence-electron chi connectivity index (χ1n) is 9.41. The van der Waals surface area contributed by atoms with E-state index in [0.29, 0.717) is 22.7 Å². The molecule has 1 aliphatic heterocycles. The summed E-state index contributed by atoms with van der Waals surface area (Å²) in [6.45, 7) is 0.168. The molecule has 0 spiro atoms. The Bertz CT molecular complexity index is 1170. The molecule has 9 heteroatoms. The van der Waals surface area contributed by atoms with E-state index in [4.69, 9.17) is 4.74 Å². The van der Waals surface area contributed by atoms with E-state index >= 15 is 0 Å². The number of amides is 1. The van der Waals surface area contributed by atoms with E-state index in [0.717, 1.165) is 0 Å². The second-order valence-corrected chi connectivity index (χ2v) is 9.00. The van der Waals surface area contributed by atoms with Crippen LogP contribution in [0.3, 0.4) is 0 Å². The van der Waals surface area contributed by atoms with Crippen molar-refractivity contribution >= 4 is 21.6 Å². The van der Waals surface area contributed by atoms with Crippen molar-refractivity contribution in [2.75, 3.05) is 19.0 Å². The smallest absolute Gasteiger partial charge is 0.243 e. The summed E-state index contributed by atoms with van der Waals surface area (Å²) >= 11 is 0. The Hall–Kier alpha value is -3.17. The van der Waals surface area contributed by atoms with Gasteiger partial charge in [-0.3, -0.25) is 9.48 Å². The number of fused-ring (bicyclic) bond motifs is 1. The Labute approximate surface area is 175 Å². The molecule has 1 amide bonds. The number of para-hydroxylation sites is 2. The minimum Gasteiger partial charge on any atom is -0.495 e. The highest BCUT2D eigenvalue weighted by Crippen LogP contribution is 2.33.